The van der Waals surface area contributed by atoms with E-state index in [-0.39, 0.29) is 5.91 Å². The average Bonchev–Trinajstić information content (AvgIpc) is 3.37. The fraction of sp³-hybridized carbons (Fsp3) is 0.556. The minimum atomic E-state index is -0.956. The molecule has 1 saturated carbocycles. The van der Waals surface area contributed by atoms with Crippen molar-refractivity contribution in [2.45, 2.75) is 38.5 Å². The second-order valence-corrected chi connectivity index (χ2v) is 6.99. The van der Waals surface area contributed by atoms with Crippen molar-refractivity contribution in [1.29, 1.82) is 0 Å². The quantitative estimate of drug-likeness (QED) is 0.839. The molecule has 2 aliphatic rings. The monoisotopic (exact) mass is 336 g/mol. The molecule has 0 spiro atoms. The van der Waals surface area contributed by atoms with Crippen molar-refractivity contribution in [3.8, 4) is 0 Å². The third kappa shape index (κ3) is 3.28. The van der Waals surface area contributed by atoms with Crippen molar-refractivity contribution in [2.24, 2.45) is 17.1 Å². The van der Waals surface area contributed by atoms with Gasteiger partial charge in [0.25, 0.3) is 0 Å². The summed E-state index contributed by atoms with van der Waals surface area (Å²) in [5.41, 5.74) is 5.18. The highest BCUT2D eigenvalue weighted by Crippen LogP contribution is 2.47. The zero-order valence-corrected chi connectivity index (χ0v) is 13.6. The van der Waals surface area contributed by atoms with E-state index in [1.54, 1.807) is 11.0 Å². The normalized spacial score (nSPS) is 22.2. The number of nitrogens with two attached hydrogens (primary N) is 1. The highest BCUT2D eigenvalue weighted by Gasteiger charge is 2.57. The number of benzene rings is 1. The van der Waals surface area contributed by atoms with Gasteiger partial charge in [-0.3, -0.25) is 9.59 Å². The van der Waals surface area contributed by atoms with Crippen LogP contribution in [-0.4, -0.2) is 29.8 Å². The van der Waals surface area contributed by atoms with E-state index >= 15 is 0 Å². The summed E-state index contributed by atoms with van der Waals surface area (Å²) in [4.78, 5) is 25.8. The van der Waals surface area contributed by atoms with E-state index in [0.717, 1.165) is 30.9 Å². The third-order valence-corrected chi connectivity index (χ3v) is 5.26. The van der Waals surface area contributed by atoms with Gasteiger partial charge in [0.05, 0.1) is 0 Å². The SMILES string of the molecule is NC(=O)C1(C(=O)N2CCCC(CCc3ccc(F)c(F)c3)C2)CC1. The number of carbonyl (C=O) groups excluding carboxylic acids is 2. The zero-order valence-electron chi connectivity index (χ0n) is 13.6. The van der Waals surface area contributed by atoms with Crippen molar-refractivity contribution in [3.05, 3.63) is 35.4 Å². The smallest absolute Gasteiger partial charge is 0.238 e. The Kier molecular flexibility index (Phi) is 4.56. The van der Waals surface area contributed by atoms with E-state index in [4.69, 9.17) is 5.73 Å². The molecule has 0 radical (unpaired) electrons. The molecule has 2 amide bonds. The maximum absolute atomic E-state index is 13.3. The molecule has 0 aromatic heterocycles. The number of hydrogen-bond donors (Lipinski definition) is 1. The molecule has 3 rings (SSSR count). The first-order chi connectivity index (χ1) is 11.4. The Labute approximate surface area is 140 Å². The third-order valence-electron chi connectivity index (χ3n) is 5.26. The molecule has 1 atom stereocenters. The van der Waals surface area contributed by atoms with Crippen molar-refractivity contribution in [3.63, 3.8) is 0 Å². The Morgan fingerprint density at radius 3 is 2.62 bits per heavy atom. The van der Waals surface area contributed by atoms with Gasteiger partial charge in [0, 0.05) is 13.1 Å². The highest BCUT2D eigenvalue weighted by molar-refractivity contribution is 6.07. The summed E-state index contributed by atoms with van der Waals surface area (Å²) in [6, 6.07) is 3.97. The maximum atomic E-state index is 13.3. The molecule has 1 heterocycles. The summed E-state index contributed by atoms with van der Waals surface area (Å²) in [5.74, 6) is -2.01. The molecule has 1 aromatic carbocycles. The van der Waals surface area contributed by atoms with Gasteiger partial charge in [-0.1, -0.05) is 6.07 Å². The predicted molar refractivity (Wildman–Crippen MR) is 84.8 cm³/mol. The van der Waals surface area contributed by atoms with Gasteiger partial charge in [0.2, 0.25) is 11.8 Å². The van der Waals surface area contributed by atoms with Crippen LogP contribution in [-0.2, 0) is 16.0 Å². The van der Waals surface area contributed by atoms with Crippen LogP contribution in [0.15, 0.2) is 18.2 Å². The lowest BCUT2D eigenvalue weighted by Gasteiger charge is -2.34. The van der Waals surface area contributed by atoms with Crippen molar-refractivity contribution in [2.75, 3.05) is 13.1 Å². The van der Waals surface area contributed by atoms with Gasteiger partial charge in [-0.25, -0.2) is 8.78 Å². The molecule has 2 N–H and O–H groups in total. The molecule has 1 unspecified atom stereocenters. The highest BCUT2D eigenvalue weighted by atomic mass is 19.2. The summed E-state index contributed by atoms with van der Waals surface area (Å²) in [6.07, 6.45) is 4.44. The fourth-order valence-electron chi connectivity index (χ4n) is 3.54. The van der Waals surface area contributed by atoms with Gasteiger partial charge >= 0.3 is 0 Å². The van der Waals surface area contributed by atoms with E-state index in [2.05, 4.69) is 0 Å². The molecule has 4 nitrogen and oxygen atoms in total. The van der Waals surface area contributed by atoms with E-state index in [1.807, 2.05) is 0 Å². The Morgan fingerprint density at radius 2 is 2.00 bits per heavy atom. The van der Waals surface area contributed by atoms with Crippen molar-refractivity contribution in [1.82, 2.24) is 4.90 Å². The Morgan fingerprint density at radius 1 is 1.25 bits per heavy atom. The van der Waals surface area contributed by atoms with Gasteiger partial charge < -0.3 is 10.6 Å². The zero-order chi connectivity index (χ0) is 17.3. The second-order valence-electron chi connectivity index (χ2n) is 6.99. The molecular formula is C18H22F2N2O2. The molecule has 130 valence electrons. The van der Waals surface area contributed by atoms with Crippen LogP contribution in [0.5, 0.6) is 0 Å². The predicted octanol–water partition coefficient (Wildman–Crippen LogP) is 2.40. The van der Waals surface area contributed by atoms with Crippen LogP contribution in [0.3, 0.4) is 0 Å². The minimum absolute atomic E-state index is 0.132. The second kappa shape index (κ2) is 6.49. The van der Waals surface area contributed by atoms with Gasteiger partial charge in [-0.2, -0.15) is 0 Å². The van der Waals surface area contributed by atoms with Crippen LogP contribution < -0.4 is 5.73 Å². The summed E-state index contributed by atoms with van der Waals surface area (Å²) in [7, 11) is 0. The topological polar surface area (TPSA) is 63.4 Å². The van der Waals surface area contributed by atoms with Crippen LogP contribution >= 0.6 is 0 Å². The number of amides is 2. The number of primary amides is 1. The molecule has 1 saturated heterocycles. The molecule has 24 heavy (non-hydrogen) atoms. The number of aryl methyl sites for hydroxylation is 1. The number of carbonyl (C=O) groups is 2. The number of piperidine rings is 1. The first kappa shape index (κ1) is 16.9. The number of likely N-dealkylation sites (tertiary alicyclic amines) is 1. The van der Waals surface area contributed by atoms with Crippen LogP contribution in [0.2, 0.25) is 0 Å². The maximum Gasteiger partial charge on any atom is 0.238 e. The minimum Gasteiger partial charge on any atom is -0.369 e. The Bertz CT molecular complexity index is 658. The molecule has 1 aliphatic heterocycles. The van der Waals surface area contributed by atoms with Crippen LogP contribution in [0.25, 0.3) is 0 Å². The van der Waals surface area contributed by atoms with Gasteiger partial charge in [0.15, 0.2) is 11.6 Å². The molecule has 1 aliphatic carbocycles. The number of halogens is 2. The van der Waals surface area contributed by atoms with Gasteiger partial charge in [-0.05, 0) is 62.1 Å². The molecule has 0 bridgehead atoms. The van der Waals surface area contributed by atoms with Crippen molar-refractivity contribution < 1.29 is 18.4 Å². The summed E-state index contributed by atoms with van der Waals surface area (Å²) in [6.45, 7) is 1.27. The van der Waals surface area contributed by atoms with E-state index < -0.39 is 23.0 Å². The lowest BCUT2D eigenvalue weighted by Crippen LogP contribution is -2.47. The number of rotatable bonds is 5. The van der Waals surface area contributed by atoms with Crippen LogP contribution in [0.1, 0.15) is 37.7 Å². The first-order valence-corrected chi connectivity index (χ1v) is 8.45. The largest absolute Gasteiger partial charge is 0.369 e. The Hall–Kier alpha value is -1.98. The lowest BCUT2D eigenvalue weighted by molar-refractivity contribution is -0.144. The van der Waals surface area contributed by atoms with Crippen LogP contribution in [0, 0.1) is 23.0 Å². The standard InChI is InChI=1S/C18H22F2N2O2/c19-14-6-5-12(10-15(14)20)3-4-13-2-1-9-22(11-13)17(24)18(7-8-18)16(21)23/h5-6,10,13H,1-4,7-9,11H2,(H2,21,23). The fourth-order valence-corrected chi connectivity index (χ4v) is 3.54. The molecular weight excluding hydrogens is 314 g/mol. The summed E-state index contributed by atoms with van der Waals surface area (Å²) < 4.78 is 26.2. The summed E-state index contributed by atoms with van der Waals surface area (Å²) >= 11 is 0. The van der Waals surface area contributed by atoms with Crippen LogP contribution in [0.4, 0.5) is 8.78 Å². The van der Waals surface area contributed by atoms with E-state index in [0.29, 0.717) is 38.3 Å². The van der Waals surface area contributed by atoms with E-state index in [9.17, 15) is 18.4 Å². The summed E-state index contributed by atoms with van der Waals surface area (Å²) in [5, 5.41) is 0. The average molecular weight is 336 g/mol. The Balaban J connectivity index is 1.57. The first-order valence-electron chi connectivity index (χ1n) is 8.45. The number of nitrogens with zero attached hydrogens (tertiary/aromatic N) is 1. The lowest BCUT2D eigenvalue weighted by atomic mass is 9.90. The van der Waals surface area contributed by atoms with Crippen molar-refractivity contribution >= 4 is 11.8 Å². The molecule has 1 aromatic rings. The number of hydrogen-bond acceptors (Lipinski definition) is 2. The van der Waals surface area contributed by atoms with Gasteiger partial charge in [0.1, 0.15) is 5.41 Å². The van der Waals surface area contributed by atoms with E-state index in [1.165, 1.54) is 6.07 Å². The van der Waals surface area contributed by atoms with Gasteiger partial charge in [-0.15, -0.1) is 0 Å². The molecule has 2 fully saturated rings. The molecule has 6 heteroatoms.